The second-order valence-electron chi connectivity index (χ2n) is 5.56. The average Bonchev–Trinajstić information content (AvgIpc) is 2.50. The summed E-state index contributed by atoms with van der Waals surface area (Å²) in [4.78, 5) is 4.46. The molecular formula is C16H25FN4O. The zero-order chi connectivity index (χ0) is 15.8. The topological polar surface area (TPSA) is 71.7 Å². The number of hydrogen-bond donors (Lipinski definition) is 3. The number of aliphatic imine (C=N–C) groups is 1. The Morgan fingerprint density at radius 3 is 2.95 bits per heavy atom. The standard InChI is InChI=1S/C16H25FN4O/c1-22-10-9-19-16(20-13-6-4-5-12(17)11-13)21-15-8-3-2-7-14(15)18/h4-6,11,14-15H,2-3,7-10,18H2,1H3,(H2,19,20,21)/t14-,15-/m0/s1. The lowest BCUT2D eigenvalue weighted by atomic mass is 9.91. The predicted octanol–water partition coefficient (Wildman–Crippen LogP) is 2.10. The van der Waals surface area contributed by atoms with Gasteiger partial charge in [0.05, 0.1) is 13.2 Å². The molecule has 0 unspecified atom stereocenters. The molecule has 5 nitrogen and oxygen atoms in total. The summed E-state index contributed by atoms with van der Waals surface area (Å²) in [6.45, 7) is 1.07. The van der Waals surface area contributed by atoms with Crippen molar-refractivity contribution < 1.29 is 9.13 Å². The van der Waals surface area contributed by atoms with Gasteiger partial charge in [-0.15, -0.1) is 0 Å². The third kappa shape index (κ3) is 5.27. The highest BCUT2D eigenvalue weighted by atomic mass is 19.1. The molecule has 0 saturated heterocycles. The Labute approximate surface area is 131 Å². The van der Waals surface area contributed by atoms with Gasteiger partial charge in [0.1, 0.15) is 5.82 Å². The minimum Gasteiger partial charge on any atom is -0.383 e. The number of nitrogens with one attached hydrogen (secondary N) is 2. The number of nitrogens with zero attached hydrogens (tertiary/aromatic N) is 1. The van der Waals surface area contributed by atoms with Crippen molar-refractivity contribution in [2.75, 3.05) is 25.6 Å². The summed E-state index contributed by atoms with van der Waals surface area (Å²) in [6.07, 6.45) is 4.38. The van der Waals surface area contributed by atoms with Crippen molar-refractivity contribution in [2.45, 2.75) is 37.8 Å². The summed E-state index contributed by atoms with van der Waals surface area (Å²) >= 11 is 0. The lowest BCUT2D eigenvalue weighted by Gasteiger charge is -2.30. The molecule has 0 bridgehead atoms. The lowest BCUT2D eigenvalue weighted by molar-refractivity contribution is 0.208. The van der Waals surface area contributed by atoms with Crippen LogP contribution < -0.4 is 16.4 Å². The Morgan fingerprint density at radius 1 is 1.41 bits per heavy atom. The second-order valence-corrected chi connectivity index (χ2v) is 5.56. The second kappa shape index (κ2) is 8.70. The van der Waals surface area contributed by atoms with E-state index in [0.717, 1.165) is 19.3 Å². The molecule has 2 rings (SSSR count). The molecule has 0 radical (unpaired) electrons. The van der Waals surface area contributed by atoms with E-state index in [1.54, 1.807) is 19.2 Å². The van der Waals surface area contributed by atoms with Gasteiger partial charge >= 0.3 is 0 Å². The Bertz CT molecular complexity index is 495. The molecule has 1 aliphatic rings. The van der Waals surface area contributed by atoms with Crippen molar-refractivity contribution in [1.29, 1.82) is 0 Å². The van der Waals surface area contributed by atoms with Crippen LogP contribution in [0.4, 0.5) is 10.1 Å². The van der Waals surface area contributed by atoms with E-state index >= 15 is 0 Å². The predicted molar refractivity (Wildman–Crippen MR) is 87.6 cm³/mol. The zero-order valence-electron chi connectivity index (χ0n) is 13.0. The van der Waals surface area contributed by atoms with Crippen LogP contribution in [0.3, 0.4) is 0 Å². The summed E-state index contributed by atoms with van der Waals surface area (Å²) in [5.74, 6) is 0.334. The van der Waals surface area contributed by atoms with Gasteiger partial charge in [-0.05, 0) is 31.0 Å². The molecule has 2 atom stereocenters. The number of ether oxygens (including phenoxy) is 1. The number of guanidine groups is 1. The summed E-state index contributed by atoms with van der Waals surface area (Å²) < 4.78 is 18.3. The Kier molecular flexibility index (Phi) is 6.61. The fourth-order valence-electron chi connectivity index (χ4n) is 2.59. The highest BCUT2D eigenvalue weighted by molar-refractivity contribution is 5.93. The van der Waals surface area contributed by atoms with E-state index in [9.17, 15) is 4.39 Å². The van der Waals surface area contributed by atoms with Crippen LogP contribution in [0.1, 0.15) is 25.7 Å². The minimum atomic E-state index is -0.282. The smallest absolute Gasteiger partial charge is 0.196 e. The van der Waals surface area contributed by atoms with Crippen molar-refractivity contribution in [2.24, 2.45) is 10.7 Å². The zero-order valence-corrected chi connectivity index (χ0v) is 13.0. The van der Waals surface area contributed by atoms with Gasteiger partial charge in [0, 0.05) is 24.9 Å². The van der Waals surface area contributed by atoms with Crippen LogP contribution >= 0.6 is 0 Å². The van der Waals surface area contributed by atoms with Crippen molar-refractivity contribution >= 4 is 11.6 Å². The van der Waals surface area contributed by atoms with E-state index in [2.05, 4.69) is 15.6 Å². The average molecular weight is 308 g/mol. The largest absolute Gasteiger partial charge is 0.383 e. The highest BCUT2D eigenvalue weighted by Crippen LogP contribution is 2.17. The molecule has 0 spiro atoms. The molecule has 0 aromatic heterocycles. The van der Waals surface area contributed by atoms with Gasteiger partial charge in [-0.1, -0.05) is 18.9 Å². The molecule has 22 heavy (non-hydrogen) atoms. The molecule has 0 heterocycles. The molecule has 1 aromatic carbocycles. The number of methoxy groups -OCH3 is 1. The third-order valence-corrected chi connectivity index (χ3v) is 3.79. The molecule has 1 saturated carbocycles. The maximum absolute atomic E-state index is 13.3. The molecule has 1 aliphatic carbocycles. The first-order valence-corrected chi connectivity index (χ1v) is 7.77. The first-order valence-electron chi connectivity index (χ1n) is 7.77. The summed E-state index contributed by atoms with van der Waals surface area (Å²) in [5.41, 5.74) is 6.83. The Hall–Kier alpha value is -1.66. The van der Waals surface area contributed by atoms with Crippen molar-refractivity contribution in [3.63, 3.8) is 0 Å². The normalized spacial score (nSPS) is 22.4. The summed E-state index contributed by atoms with van der Waals surface area (Å²) in [7, 11) is 1.64. The Morgan fingerprint density at radius 2 is 2.23 bits per heavy atom. The monoisotopic (exact) mass is 308 g/mol. The quantitative estimate of drug-likeness (QED) is 0.442. The first-order chi connectivity index (χ1) is 10.7. The van der Waals surface area contributed by atoms with Crippen LogP contribution in [0.5, 0.6) is 0 Å². The van der Waals surface area contributed by atoms with Crippen LogP contribution in [0, 0.1) is 5.82 Å². The van der Waals surface area contributed by atoms with Gasteiger partial charge in [0.15, 0.2) is 5.96 Å². The van der Waals surface area contributed by atoms with E-state index in [4.69, 9.17) is 10.5 Å². The highest BCUT2D eigenvalue weighted by Gasteiger charge is 2.22. The van der Waals surface area contributed by atoms with Gasteiger partial charge in [0.25, 0.3) is 0 Å². The first kappa shape index (κ1) is 16.7. The van der Waals surface area contributed by atoms with E-state index in [1.165, 1.54) is 18.6 Å². The van der Waals surface area contributed by atoms with Crippen LogP contribution in [-0.2, 0) is 4.74 Å². The number of nitrogens with two attached hydrogens (primary N) is 1. The van der Waals surface area contributed by atoms with Crippen LogP contribution in [0.15, 0.2) is 29.3 Å². The van der Waals surface area contributed by atoms with Gasteiger partial charge in [-0.25, -0.2) is 4.39 Å². The molecule has 1 aromatic rings. The number of hydrogen-bond acceptors (Lipinski definition) is 3. The van der Waals surface area contributed by atoms with Gasteiger partial charge in [-0.2, -0.15) is 0 Å². The number of benzene rings is 1. The van der Waals surface area contributed by atoms with Crippen LogP contribution in [-0.4, -0.2) is 38.3 Å². The molecule has 122 valence electrons. The maximum atomic E-state index is 13.3. The fraction of sp³-hybridized carbons (Fsp3) is 0.562. The van der Waals surface area contributed by atoms with Gasteiger partial charge < -0.3 is 21.1 Å². The van der Waals surface area contributed by atoms with E-state index in [0.29, 0.717) is 24.8 Å². The van der Waals surface area contributed by atoms with Crippen molar-refractivity contribution in [3.8, 4) is 0 Å². The maximum Gasteiger partial charge on any atom is 0.196 e. The van der Waals surface area contributed by atoms with E-state index in [-0.39, 0.29) is 17.9 Å². The van der Waals surface area contributed by atoms with E-state index in [1.807, 2.05) is 0 Å². The van der Waals surface area contributed by atoms with Crippen LogP contribution in [0.2, 0.25) is 0 Å². The summed E-state index contributed by atoms with van der Waals surface area (Å²) in [5, 5.41) is 6.50. The number of anilines is 1. The minimum absolute atomic E-state index is 0.121. The number of halogens is 1. The molecule has 4 N–H and O–H groups in total. The fourth-order valence-corrected chi connectivity index (χ4v) is 2.59. The van der Waals surface area contributed by atoms with E-state index < -0.39 is 0 Å². The van der Waals surface area contributed by atoms with Gasteiger partial charge in [-0.3, -0.25) is 4.99 Å². The molecule has 0 aliphatic heterocycles. The Balaban J connectivity index is 2.03. The van der Waals surface area contributed by atoms with Crippen molar-refractivity contribution in [3.05, 3.63) is 30.1 Å². The molecule has 6 heteroatoms. The molecule has 1 fully saturated rings. The molecule has 0 amide bonds. The van der Waals surface area contributed by atoms with Crippen molar-refractivity contribution in [1.82, 2.24) is 5.32 Å². The van der Waals surface area contributed by atoms with Gasteiger partial charge in [0.2, 0.25) is 0 Å². The molecular weight excluding hydrogens is 283 g/mol. The van der Waals surface area contributed by atoms with Crippen LogP contribution in [0.25, 0.3) is 0 Å². The third-order valence-electron chi connectivity index (χ3n) is 3.79. The summed E-state index contributed by atoms with van der Waals surface area (Å²) in [6, 6.07) is 6.63. The number of rotatable bonds is 5. The SMILES string of the molecule is COCCN=C(Nc1cccc(F)c1)N[C@H]1CCCC[C@@H]1N. The lowest BCUT2D eigenvalue weighted by Crippen LogP contribution is -2.51.